The van der Waals surface area contributed by atoms with Crippen LogP contribution in [0.2, 0.25) is 0 Å². The summed E-state index contributed by atoms with van der Waals surface area (Å²) in [5.41, 5.74) is 3.43. The lowest BCUT2D eigenvalue weighted by atomic mass is 9.95. The average Bonchev–Trinajstić information content (AvgIpc) is 3.07. The first-order chi connectivity index (χ1) is 10.5. The number of allylic oxidation sites excluding steroid dienone is 1. The number of hydrogen-bond donors (Lipinski definition) is 0. The van der Waals surface area contributed by atoms with Crippen LogP contribution in [0.5, 0.6) is 0 Å². The minimum atomic E-state index is -0.230. The molecule has 1 nitrogen and oxygen atoms in total. The second kappa shape index (κ2) is 5.73. The van der Waals surface area contributed by atoms with E-state index in [0.717, 1.165) is 11.1 Å². The minimum Gasteiger partial charge on any atom is -0.281 e. The quantitative estimate of drug-likeness (QED) is 0.713. The van der Waals surface area contributed by atoms with E-state index in [1.165, 1.54) is 5.57 Å². The van der Waals surface area contributed by atoms with Crippen molar-refractivity contribution >= 4 is 22.4 Å². The molecule has 0 saturated heterocycles. The largest absolute Gasteiger partial charge is 0.281 e. The Bertz CT molecular complexity index is 660. The third-order valence-corrected chi connectivity index (χ3v) is 4.91. The summed E-state index contributed by atoms with van der Waals surface area (Å²) in [7, 11) is 0. The fraction of sp³-hybridized carbons (Fsp3) is 0.250. The van der Waals surface area contributed by atoms with Gasteiger partial charge >= 0.3 is 0 Å². The molecule has 2 aromatic rings. The first-order valence-electron chi connectivity index (χ1n) is 7.54. The van der Waals surface area contributed by atoms with E-state index in [9.17, 15) is 4.79 Å². The fourth-order valence-corrected chi connectivity index (χ4v) is 3.61. The van der Waals surface area contributed by atoms with Gasteiger partial charge in [-0.25, -0.2) is 0 Å². The molecule has 0 N–H and O–H groups in total. The SMILES string of the molecule is CC1(C)C(C=C(c2ccccc2)c2ccccc2)C1C(=O)Cl. The number of carbonyl (C=O) groups is 1. The summed E-state index contributed by atoms with van der Waals surface area (Å²) in [6.45, 7) is 4.21. The number of rotatable bonds is 4. The summed E-state index contributed by atoms with van der Waals surface area (Å²) in [6.07, 6.45) is 2.22. The van der Waals surface area contributed by atoms with Gasteiger partial charge in [0, 0.05) is 5.92 Å². The highest BCUT2D eigenvalue weighted by Crippen LogP contribution is 2.60. The molecule has 1 aliphatic rings. The predicted molar refractivity (Wildman–Crippen MR) is 91.6 cm³/mol. The third-order valence-electron chi connectivity index (χ3n) is 4.67. The Morgan fingerprint density at radius 3 is 1.77 bits per heavy atom. The molecule has 0 heterocycles. The Labute approximate surface area is 136 Å². The van der Waals surface area contributed by atoms with Crippen LogP contribution in [0.1, 0.15) is 25.0 Å². The van der Waals surface area contributed by atoms with Gasteiger partial charge in [0.25, 0.3) is 0 Å². The standard InChI is InChI=1S/C20H19ClO/c1-20(2)17(18(20)19(21)22)13-16(14-9-5-3-6-10-14)15-11-7-4-8-12-15/h3-13,17-18H,1-2H3. The molecule has 2 heteroatoms. The lowest BCUT2D eigenvalue weighted by Crippen LogP contribution is -1.96. The molecule has 0 bridgehead atoms. The monoisotopic (exact) mass is 310 g/mol. The van der Waals surface area contributed by atoms with Crippen molar-refractivity contribution in [2.45, 2.75) is 13.8 Å². The maximum Gasteiger partial charge on any atom is 0.225 e. The van der Waals surface area contributed by atoms with E-state index in [4.69, 9.17) is 11.6 Å². The smallest absolute Gasteiger partial charge is 0.225 e. The molecule has 2 aromatic carbocycles. The van der Waals surface area contributed by atoms with E-state index < -0.39 is 0 Å². The van der Waals surface area contributed by atoms with Crippen LogP contribution in [-0.2, 0) is 4.79 Å². The molecule has 0 spiro atoms. The molecular weight excluding hydrogens is 292 g/mol. The van der Waals surface area contributed by atoms with Crippen molar-refractivity contribution in [3.05, 3.63) is 77.9 Å². The van der Waals surface area contributed by atoms with Crippen LogP contribution in [0.15, 0.2) is 66.7 Å². The second-order valence-corrected chi connectivity index (χ2v) is 6.81. The normalized spacial score (nSPS) is 22.0. The number of halogens is 1. The van der Waals surface area contributed by atoms with Crippen LogP contribution in [0.4, 0.5) is 0 Å². The second-order valence-electron chi connectivity index (χ2n) is 6.44. The summed E-state index contributed by atoms with van der Waals surface area (Å²) in [6, 6.07) is 20.6. The molecule has 2 unspecified atom stereocenters. The Kier molecular flexibility index (Phi) is 3.92. The summed E-state index contributed by atoms with van der Waals surface area (Å²) < 4.78 is 0. The number of benzene rings is 2. The Morgan fingerprint density at radius 1 is 0.955 bits per heavy atom. The highest BCUT2D eigenvalue weighted by molar-refractivity contribution is 6.64. The molecule has 112 valence electrons. The van der Waals surface area contributed by atoms with E-state index in [1.54, 1.807) is 0 Å². The molecule has 0 amide bonds. The maximum absolute atomic E-state index is 11.6. The van der Waals surface area contributed by atoms with Crippen LogP contribution in [0.25, 0.3) is 5.57 Å². The molecule has 0 aliphatic heterocycles. The zero-order valence-electron chi connectivity index (χ0n) is 12.8. The summed E-state index contributed by atoms with van der Waals surface area (Å²) in [4.78, 5) is 11.6. The van der Waals surface area contributed by atoms with E-state index in [1.807, 2.05) is 36.4 Å². The minimum absolute atomic E-state index is 0.0619. The van der Waals surface area contributed by atoms with Crippen LogP contribution in [0.3, 0.4) is 0 Å². The van der Waals surface area contributed by atoms with Crippen LogP contribution in [0, 0.1) is 17.3 Å². The molecule has 1 saturated carbocycles. The Balaban J connectivity index is 2.04. The van der Waals surface area contributed by atoms with Gasteiger partial charge in [-0.15, -0.1) is 0 Å². The molecule has 1 aliphatic carbocycles. The van der Waals surface area contributed by atoms with E-state index in [-0.39, 0.29) is 22.5 Å². The van der Waals surface area contributed by atoms with Crippen LogP contribution >= 0.6 is 11.6 Å². The molecule has 1 fully saturated rings. The first-order valence-corrected chi connectivity index (χ1v) is 7.91. The first kappa shape index (κ1) is 15.1. The van der Waals surface area contributed by atoms with Gasteiger partial charge in [0.15, 0.2) is 0 Å². The van der Waals surface area contributed by atoms with Crippen molar-refractivity contribution in [2.24, 2.45) is 17.3 Å². The zero-order valence-corrected chi connectivity index (χ0v) is 13.5. The summed E-state index contributed by atoms with van der Waals surface area (Å²) in [5, 5.41) is -0.230. The van der Waals surface area contributed by atoms with Gasteiger partial charge in [0.2, 0.25) is 5.24 Å². The lowest BCUT2D eigenvalue weighted by molar-refractivity contribution is -0.113. The number of hydrogen-bond acceptors (Lipinski definition) is 1. The molecule has 0 radical (unpaired) electrons. The van der Waals surface area contributed by atoms with Gasteiger partial charge in [-0.05, 0) is 39.6 Å². The Hall–Kier alpha value is -1.86. The van der Waals surface area contributed by atoms with E-state index in [0.29, 0.717) is 0 Å². The van der Waals surface area contributed by atoms with Crippen molar-refractivity contribution < 1.29 is 4.79 Å². The zero-order chi connectivity index (χ0) is 15.7. The molecule has 22 heavy (non-hydrogen) atoms. The summed E-state index contributed by atoms with van der Waals surface area (Å²) >= 11 is 5.76. The maximum atomic E-state index is 11.6. The highest BCUT2D eigenvalue weighted by atomic mass is 35.5. The van der Waals surface area contributed by atoms with Crippen molar-refractivity contribution in [3.8, 4) is 0 Å². The van der Waals surface area contributed by atoms with E-state index in [2.05, 4.69) is 44.2 Å². The van der Waals surface area contributed by atoms with Crippen LogP contribution in [-0.4, -0.2) is 5.24 Å². The number of carbonyl (C=O) groups excluding carboxylic acids is 1. The highest BCUT2D eigenvalue weighted by Gasteiger charge is 2.60. The predicted octanol–water partition coefficient (Wildman–Crippen LogP) is 5.16. The van der Waals surface area contributed by atoms with Gasteiger partial charge in [-0.3, -0.25) is 4.79 Å². The molecule has 0 aromatic heterocycles. The van der Waals surface area contributed by atoms with Gasteiger partial charge in [0.05, 0.1) is 0 Å². The van der Waals surface area contributed by atoms with Crippen LogP contribution < -0.4 is 0 Å². The fourth-order valence-electron chi connectivity index (χ4n) is 3.20. The van der Waals surface area contributed by atoms with Gasteiger partial charge in [0.1, 0.15) is 0 Å². The third kappa shape index (κ3) is 2.74. The van der Waals surface area contributed by atoms with Gasteiger partial charge in [-0.1, -0.05) is 80.6 Å². The van der Waals surface area contributed by atoms with Gasteiger partial charge in [-0.2, -0.15) is 0 Å². The Morgan fingerprint density at radius 2 is 1.41 bits per heavy atom. The van der Waals surface area contributed by atoms with E-state index >= 15 is 0 Å². The van der Waals surface area contributed by atoms with Crippen molar-refractivity contribution in [3.63, 3.8) is 0 Å². The van der Waals surface area contributed by atoms with Crippen molar-refractivity contribution in [1.29, 1.82) is 0 Å². The van der Waals surface area contributed by atoms with Crippen molar-refractivity contribution in [2.75, 3.05) is 0 Å². The topological polar surface area (TPSA) is 17.1 Å². The lowest BCUT2D eigenvalue weighted by Gasteiger charge is -2.09. The van der Waals surface area contributed by atoms with Crippen molar-refractivity contribution in [1.82, 2.24) is 0 Å². The molecular formula is C20H19ClO. The molecule has 2 atom stereocenters. The summed E-state index contributed by atoms with van der Waals surface area (Å²) in [5.74, 6) is 0.101. The van der Waals surface area contributed by atoms with Gasteiger partial charge < -0.3 is 0 Å². The average molecular weight is 311 g/mol. The molecule has 3 rings (SSSR count).